The molecule has 1 aliphatic rings. The van der Waals surface area contributed by atoms with Crippen LogP contribution in [-0.4, -0.2) is 28.7 Å². The van der Waals surface area contributed by atoms with E-state index in [-0.39, 0.29) is 5.41 Å². The molecule has 0 radical (unpaired) electrons. The van der Waals surface area contributed by atoms with Gasteiger partial charge in [-0.25, -0.2) is 0 Å². The van der Waals surface area contributed by atoms with Gasteiger partial charge in [0, 0.05) is 18.5 Å². The second-order valence-corrected chi connectivity index (χ2v) is 6.59. The van der Waals surface area contributed by atoms with Crippen LogP contribution in [0, 0.1) is 11.3 Å². The summed E-state index contributed by atoms with van der Waals surface area (Å²) in [4.78, 5) is 13.0. The van der Waals surface area contributed by atoms with Crippen molar-refractivity contribution in [3.63, 3.8) is 0 Å². The van der Waals surface area contributed by atoms with Crippen molar-refractivity contribution in [3.8, 4) is 0 Å². The molecule has 4 nitrogen and oxygen atoms in total. The van der Waals surface area contributed by atoms with E-state index in [9.17, 15) is 4.79 Å². The van der Waals surface area contributed by atoms with Crippen molar-refractivity contribution < 1.29 is 4.79 Å². The summed E-state index contributed by atoms with van der Waals surface area (Å²) in [5.41, 5.74) is 1.52. The second-order valence-electron chi connectivity index (χ2n) is 6.21. The molecule has 118 valence electrons. The zero-order valence-corrected chi connectivity index (χ0v) is 14.3. The number of ketones is 1. The smallest absolute Gasteiger partial charge is 0.146 e. The molecule has 5 heteroatoms. The van der Waals surface area contributed by atoms with Gasteiger partial charge in [-0.2, -0.15) is 5.10 Å². The molecule has 2 rings (SSSR count). The summed E-state index contributed by atoms with van der Waals surface area (Å²) < 4.78 is 1.88. The van der Waals surface area contributed by atoms with E-state index in [4.69, 9.17) is 11.6 Å². The normalized spacial score (nSPS) is 22.2. The van der Waals surface area contributed by atoms with E-state index in [2.05, 4.69) is 24.3 Å². The molecule has 2 heterocycles. The third-order valence-corrected chi connectivity index (χ3v) is 5.31. The van der Waals surface area contributed by atoms with E-state index in [1.807, 2.05) is 18.5 Å². The van der Waals surface area contributed by atoms with Crippen LogP contribution in [0.15, 0.2) is 0 Å². The predicted octanol–water partition coefficient (Wildman–Crippen LogP) is 2.87. The first kappa shape index (κ1) is 16.5. The second kappa shape index (κ2) is 6.49. The molecule has 1 saturated heterocycles. The quantitative estimate of drug-likeness (QED) is 0.878. The molecule has 0 aromatic carbocycles. The Labute approximate surface area is 132 Å². The predicted molar refractivity (Wildman–Crippen MR) is 85.8 cm³/mol. The first-order valence-corrected chi connectivity index (χ1v) is 8.32. The number of hydrogen-bond acceptors (Lipinski definition) is 3. The average molecular weight is 312 g/mol. The Morgan fingerprint density at radius 2 is 2.19 bits per heavy atom. The Balaban J connectivity index is 2.29. The highest BCUT2D eigenvalue weighted by molar-refractivity contribution is 6.32. The van der Waals surface area contributed by atoms with Crippen LogP contribution in [0.25, 0.3) is 0 Å². The highest BCUT2D eigenvalue weighted by atomic mass is 35.5. The monoisotopic (exact) mass is 311 g/mol. The summed E-state index contributed by atoms with van der Waals surface area (Å²) >= 11 is 6.43. The number of carbonyl (C=O) groups excluding carboxylic acids is 1. The van der Waals surface area contributed by atoms with Gasteiger partial charge in [-0.3, -0.25) is 9.48 Å². The van der Waals surface area contributed by atoms with Gasteiger partial charge in [0.2, 0.25) is 0 Å². The Bertz CT molecular complexity index is 516. The zero-order valence-electron chi connectivity index (χ0n) is 13.5. The molecule has 1 aromatic heterocycles. The van der Waals surface area contributed by atoms with E-state index in [0.29, 0.717) is 23.1 Å². The number of halogens is 1. The molecule has 1 aromatic rings. The number of hydrogen-bond donors (Lipinski definition) is 1. The first-order chi connectivity index (χ1) is 9.96. The van der Waals surface area contributed by atoms with Crippen LogP contribution in [0.4, 0.5) is 0 Å². The van der Waals surface area contributed by atoms with Gasteiger partial charge >= 0.3 is 0 Å². The van der Waals surface area contributed by atoms with Crippen LogP contribution in [0.1, 0.15) is 45.5 Å². The molecular formula is C16H26ClN3O. The number of rotatable bonds is 6. The summed E-state index contributed by atoms with van der Waals surface area (Å²) in [7, 11) is 0. The minimum absolute atomic E-state index is 0.251. The Kier molecular flexibility index (Phi) is 5.10. The highest BCUT2D eigenvalue weighted by Crippen LogP contribution is 2.37. The molecule has 0 aliphatic carbocycles. The summed E-state index contributed by atoms with van der Waals surface area (Å²) in [5, 5.41) is 8.53. The summed E-state index contributed by atoms with van der Waals surface area (Å²) in [6.45, 7) is 10.8. The molecule has 0 spiro atoms. The lowest BCUT2D eigenvalue weighted by Crippen LogP contribution is -2.39. The van der Waals surface area contributed by atoms with Crippen LogP contribution in [-0.2, 0) is 24.2 Å². The molecule has 1 unspecified atom stereocenters. The van der Waals surface area contributed by atoms with Crippen molar-refractivity contribution >= 4 is 17.4 Å². The van der Waals surface area contributed by atoms with Crippen LogP contribution in [0.2, 0.25) is 5.02 Å². The third kappa shape index (κ3) is 2.88. The maximum atomic E-state index is 13.0. The minimum atomic E-state index is -0.251. The summed E-state index contributed by atoms with van der Waals surface area (Å²) in [5.74, 6) is 0.629. The summed E-state index contributed by atoms with van der Waals surface area (Å²) in [6.07, 6.45) is 2.10. The minimum Gasteiger partial charge on any atom is -0.316 e. The van der Waals surface area contributed by atoms with Crippen LogP contribution < -0.4 is 5.32 Å². The van der Waals surface area contributed by atoms with Gasteiger partial charge in [0.1, 0.15) is 5.78 Å². The van der Waals surface area contributed by atoms with Crippen molar-refractivity contribution in [3.05, 3.63) is 16.4 Å². The fourth-order valence-electron chi connectivity index (χ4n) is 3.28. The van der Waals surface area contributed by atoms with E-state index in [1.165, 1.54) is 0 Å². The number of nitrogens with zero attached hydrogens (tertiary/aromatic N) is 2. The SMILES string of the molecule is CCc1nn(CC)c(CC(=O)C2(C(C)C)CCNC2)c1Cl. The van der Waals surface area contributed by atoms with Crippen LogP contribution >= 0.6 is 11.6 Å². The van der Waals surface area contributed by atoms with Crippen molar-refractivity contribution in [1.29, 1.82) is 0 Å². The molecule has 1 N–H and O–H groups in total. The van der Waals surface area contributed by atoms with Gasteiger partial charge in [-0.15, -0.1) is 0 Å². The molecule has 1 fully saturated rings. The maximum absolute atomic E-state index is 13.0. The number of Topliss-reactive ketones (excluding diaryl/α,β-unsaturated/α-hetero) is 1. The molecule has 0 amide bonds. The van der Waals surface area contributed by atoms with Crippen molar-refractivity contribution in [2.75, 3.05) is 13.1 Å². The fraction of sp³-hybridized carbons (Fsp3) is 0.750. The zero-order chi connectivity index (χ0) is 15.6. The topological polar surface area (TPSA) is 46.9 Å². The first-order valence-electron chi connectivity index (χ1n) is 7.94. The number of nitrogens with one attached hydrogen (secondary N) is 1. The van der Waals surface area contributed by atoms with Gasteiger partial charge in [-0.1, -0.05) is 32.4 Å². The van der Waals surface area contributed by atoms with Crippen LogP contribution in [0.3, 0.4) is 0 Å². The molecule has 21 heavy (non-hydrogen) atoms. The van der Waals surface area contributed by atoms with Gasteiger partial charge in [0.15, 0.2) is 0 Å². The van der Waals surface area contributed by atoms with Crippen molar-refractivity contribution in [2.24, 2.45) is 11.3 Å². The standard InChI is InChI=1S/C16H26ClN3O/c1-5-12-15(17)13(20(6-2)19-12)9-14(21)16(11(3)4)7-8-18-10-16/h11,18H,5-10H2,1-4H3. The lowest BCUT2D eigenvalue weighted by molar-refractivity contribution is -0.129. The number of aromatic nitrogens is 2. The van der Waals surface area contributed by atoms with E-state index >= 15 is 0 Å². The van der Waals surface area contributed by atoms with E-state index in [0.717, 1.165) is 43.9 Å². The van der Waals surface area contributed by atoms with E-state index < -0.39 is 0 Å². The van der Waals surface area contributed by atoms with Gasteiger partial charge in [-0.05, 0) is 32.2 Å². The fourth-order valence-corrected chi connectivity index (χ4v) is 3.61. The number of carbonyl (C=O) groups is 1. The Morgan fingerprint density at radius 3 is 2.67 bits per heavy atom. The van der Waals surface area contributed by atoms with Crippen LogP contribution in [0.5, 0.6) is 0 Å². The lowest BCUT2D eigenvalue weighted by atomic mass is 9.72. The lowest BCUT2D eigenvalue weighted by Gasteiger charge is -2.31. The van der Waals surface area contributed by atoms with Crippen molar-refractivity contribution in [1.82, 2.24) is 15.1 Å². The molecule has 1 atom stereocenters. The molecular weight excluding hydrogens is 286 g/mol. The highest BCUT2D eigenvalue weighted by Gasteiger charge is 2.43. The molecule has 1 aliphatic heterocycles. The van der Waals surface area contributed by atoms with Gasteiger partial charge in [0.25, 0.3) is 0 Å². The maximum Gasteiger partial charge on any atom is 0.146 e. The largest absolute Gasteiger partial charge is 0.316 e. The Hall–Kier alpha value is -0.870. The average Bonchev–Trinajstić information content (AvgIpc) is 3.06. The molecule has 0 saturated carbocycles. The van der Waals surface area contributed by atoms with Crippen molar-refractivity contribution in [2.45, 2.75) is 53.5 Å². The van der Waals surface area contributed by atoms with Gasteiger partial charge < -0.3 is 5.32 Å². The Morgan fingerprint density at radius 1 is 1.48 bits per heavy atom. The van der Waals surface area contributed by atoms with E-state index in [1.54, 1.807) is 0 Å². The molecule has 0 bridgehead atoms. The number of aryl methyl sites for hydroxylation is 2. The van der Waals surface area contributed by atoms with Gasteiger partial charge in [0.05, 0.1) is 22.8 Å². The third-order valence-electron chi connectivity index (χ3n) is 4.87. The summed E-state index contributed by atoms with van der Waals surface area (Å²) in [6, 6.07) is 0.